The van der Waals surface area contributed by atoms with Crippen molar-refractivity contribution in [3.8, 4) is 0 Å². The lowest BCUT2D eigenvalue weighted by Gasteiger charge is -2.25. The average molecular weight is 331 g/mol. The minimum Gasteiger partial charge on any atom is -0.394 e. The summed E-state index contributed by atoms with van der Waals surface area (Å²) in [5.74, 6) is -0.406. The molecule has 0 aliphatic heterocycles. The summed E-state index contributed by atoms with van der Waals surface area (Å²) in [6.45, 7) is 5.88. The number of aliphatic hydroxyl groups is 1. The molecule has 1 amide bonds. The first kappa shape index (κ1) is 17.8. The second-order valence-corrected chi connectivity index (χ2v) is 6.91. The van der Waals surface area contributed by atoms with Crippen LogP contribution in [0.3, 0.4) is 0 Å². The molecule has 0 aliphatic carbocycles. The molecule has 0 spiro atoms. The summed E-state index contributed by atoms with van der Waals surface area (Å²) < 4.78 is 0. The molecule has 0 radical (unpaired) electrons. The van der Waals surface area contributed by atoms with Gasteiger partial charge in [-0.3, -0.25) is 19.9 Å². The van der Waals surface area contributed by atoms with Crippen molar-refractivity contribution in [3.05, 3.63) is 46.1 Å². The number of nitrogens with zero attached hydrogens (tertiary/aromatic N) is 2. The van der Waals surface area contributed by atoms with E-state index in [9.17, 15) is 20.0 Å². The van der Waals surface area contributed by atoms with Crippen molar-refractivity contribution >= 4 is 22.5 Å². The highest BCUT2D eigenvalue weighted by Crippen LogP contribution is 2.27. The van der Waals surface area contributed by atoms with Crippen LogP contribution in [0.25, 0.3) is 10.9 Å². The van der Waals surface area contributed by atoms with Crippen LogP contribution in [0.4, 0.5) is 5.69 Å². The van der Waals surface area contributed by atoms with Crippen LogP contribution in [0.1, 0.15) is 37.6 Å². The Morgan fingerprint density at radius 2 is 2.08 bits per heavy atom. The number of carbonyl (C=O) groups is 1. The predicted molar refractivity (Wildman–Crippen MR) is 90.8 cm³/mol. The highest BCUT2D eigenvalue weighted by atomic mass is 16.6. The molecule has 0 aliphatic rings. The van der Waals surface area contributed by atoms with Gasteiger partial charge in [0, 0.05) is 12.3 Å². The van der Waals surface area contributed by atoms with Gasteiger partial charge in [-0.05, 0) is 30.0 Å². The maximum atomic E-state index is 12.6. The van der Waals surface area contributed by atoms with E-state index in [1.165, 1.54) is 18.3 Å². The number of pyridine rings is 1. The summed E-state index contributed by atoms with van der Waals surface area (Å²) in [6, 6.07) is 5.46. The molecule has 0 bridgehead atoms. The molecule has 128 valence electrons. The first-order valence-electron chi connectivity index (χ1n) is 7.67. The fourth-order valence-electron chi connectivity index (χ4n) is 2.66. The number of nitrogens with one attached hydrogen (secondary N) is 1. The van der Waals surface area contributed by atoms with Crippen LogP contribution in [0.2, 0.25) is 0 Å². The van der Waals surface area contributed by atoms with Crippen LogP contribution in [0.15, 0.2) is 30.5 Å². The van der Waals surface area contributed by atoms with Crippen molar-refractivity contribution in [3.63, 3.8) is 0 Å². The lowest BCUT2D eigenvalue weighted by Crippen LogP contribution is -2.40. The Morgan fingerprint density at radius 3 is 2.67 bits per heavy atom. The monoisotopic (exact) mass is 331 g/mol. The van der Waals surface area contributed by atoms with Crippen LogP contribution in [0, 0.1) is 15.5 Å². The Kier molecular flexibility index (Phi) is 5.14. The molecule has 1 atom stereocenters. The fourth-order valence-corrected chi connectivity index (χ4v) is 2.66. The van der Waals surface area contributed by atoms with Gasteiger partial charge in [-0.2, -0.15) is 0 Å². The van der Waals surface area contributed by atoms with E-state index in [1.54, 1.807) is 12.1 Å². The van der Waals surface area contributed by atoms with E-state index in [0.29, 0.717) is 11.8 Å². The van der Waals surface area contributed by atoms with E-state index in [2.05, 4.69) is 10.3 Å². The molecule has 1 aromatic carbocycles. The van der Waals surface area contributed by atoms with Crippen LogP contribution in [-0.4, -0.2) is 33.6 Å². The second-order valence-electron chi connectivity index (χ2n) is 6.91. The standard InChI is InChI=1S/C17H21N3O4/c1-17(2,3)9-11(10-21)19-16(22)13-6-7-14(20(23)24)12-5-4-8-18-15(12)13/h4-8,11,21H,9-10H2,1-3H3,(H,19,22). The minimum atomic E-state index is -0.498. The number of nitro groups is 1. The summed E-state index contributed by atoms with van der Waals surface area (Å²) >= 11 is 0. The molecule has 2 rings (SSSR count). The van der Waals surface area contributed by atoms with E-state index >= 15 is 0 Å². The topological polar surface area (TPSA) is 105 Å². The summed E-state index contributed by atoms with van der Waals surface area (Å²) in [5, 5.41) is 23.7. The number of benzene rings is 1. The third-order valence-corrected chi connectivity index (χ3v) is 3.60. The molecular weight excluding hydrogens is 310 g/mol. The minimum absolute atomic E-state index is 0.0591. The Hall–Kier alpha value is -2.54. The van der Waals surface area contributed by atoms with E-state index in [1.807, 2.05) is 20.8 Å². The summed E-state index contributed by atoms with van der Waals surface area (Å²) in [5.41, 5.74) is 0.375. The van der Waals surface area contributed by atoms with Crippen molar-refractivity contribution < 1.29 is 14.8 Å². The normalized spacial score (nSPS) is 12.8. The molecule has 0 saturated carbocycles. The highest BCUT2D eigenvalue weighted by molar-refractivity contribution is 6.07. The Labute approximate surface area is 139 Å². The maximum absolute atomic E-state index is 12.6. The Balaban J connectivity index is 2.37. The van der Waals surface area contributed by atoms with Gasteiger partial charge in [0.2, 0.25) is 0 Å². The Morgan fingerprint density at radius 1 is 1.38 bits per heavy atom. The quantitative estimate of drug-likeness (QED) is 0.647. The molecule has 2 aromatic rings. The van der Waals surface area contributed by atoms with Crippen LogP contribution in [0.5, 0.6) is 0 Å². The molecular formula is C17H21N3O4. The third-order valence-electron chi connectivity index (χ3n) is 3.60. The van der Waals surface area contributed by atoms with Crippen molar-refractivity contribution in [2.75, 3.05) is 6.61 Å². The second kappa shape index (κ2) is 6.92. The lowest BCUT2D eigenvalue weighted by molar-refractivity contribution is -0.383. The number of amides is 1. The number of aromatic nitrogens is 1. The molecule has 0 fully saturated rings. The SMILES string of the molecule is CC(C)(C)CC(CO)NC(=O)c1ccc([N+](=O)[O-])c2cccnc12. The molecule has 0 saturated heterocycles. The average Bonchev–Trinajstić information content (AvgIpc) is 2.51. The lowest BCUT2D eigenvalue weighted by atomic mass is 9.88. The molecule has 2 N–H and O–H groups in total. The van der Waals surface area contributed by atoms with Crippen molar-refractivity contribution in [2.24, 2.45) is 5.41 Å². The highest BCUT2D eigenvalue weighted by Gasteiger charge is 2.23. The molecule has 7 heteroatoms. The van der Waals surface area contributed by atoms with E-state index < -0.39 is 16.9 Å². The van der Waals surface area contributed by atoms with Gasteiger partial charge in [-0.15, -0.1) is 0 Å². The van der Waals surface area contributed by atoms with Gasteiger partial charge in [-0.25, -0.2) is 0 Å². The van der Waals surface area contributed by atoms with Gasteiger partial charge < -0.3 is 10.4 Å². The van der Waals surface area contributed by atoms with Crippen LogP contribution in [-0.2, 0) is 0 Å². The zero-order valence-electron chi connectivity index (χ0n) is 13.9. The summed E-state index contributed by atoms with van der Waals surface area (Å²) in [4.78, 5) is 27.3. The zero-order valence-corrected chi connectivity index (χ0v) is 13.9. The van der Waals surface area contributed by atoms with Gasteiger partial charge in [-0.1, -0.05) is 20.8 Å². The van der Waals surface area contributed by atoms with Crippen molar-refractivity contribution in [1.82, 2.24) is 10.3 Å². The molecule has 1 aromatic heterocycles. The summed E-state index contributed by atoms with van der Waals surface area (Å²) in [6.07, 6.45) is 2.09. The van der Waals surface area contributed by atoms with Crippen LogP contribution >= 0.6 is 0 Å². The molecule has 7 nitrogen and oxygen atoms in total. The number of fused-ring (bicyclic) bond motifs is 1. The number of carbonyl (C=O) groups excluding carboxylic acids is 1. The van der Waals surface area contributed by atoms with E-state index in [0.717, 1.165) is 0 Å². The third kappa shape index (κ3) is 4.05. The number of hydrogen-bond donors (Lipinski definition) is 2. The number of rotatable bonds is 5. The van der Waals surface area contributed by atoms with Crippen molar-refractivity contribution in [1.29, 1.82) is 0 Å². The van der Waals surface area contributed by atoms with Crippen molar-refractivity contribution in [2.45, 2.75) is 33.2 Å². The van der Waals surface area contributed by atoms with Gasteiger partial charge in [0.15, 0.2) is 0 Å². The maximum Gasteiger partial charge on any atom is 0.278 e. The fraction of sp³-hybridized carbons (Fsp3) is 0.412. The number of nitro benzene ring substituents is 1. The molecule has 1 heterocycles. The predicted octanol–water partition coefficient (Wildman–Crippen LogP) is 2.67. The number of aliphatic hydroxyl groups excluding tert-OH is 1. The van der Waals surface area contributed by atoms with Gasteiger partial charge in [0.1, 0.15) is 0 Å². The molecule has 24 heavy (non-hydrogen) atoms. The van der Waals surface area contributed by atoms with Gasteiger partial charge in [0.05, 0.1) is 34.0 Å². The van der Waals surface area contributed by atoms with Crippen LogP contribution < -0.4 is 5.32 Å². The van der Waals surface area contributed by atoms with Gasteiger partial charge in [0.25, 0.3) is 11.6 Å². The van der Waals surface area contributed by atoms with Gasteiger partial charge >= 0.3 is 0 Å². The molecule has 1 unspecified atom stereocenters. The zero-order chi connectivity index (χ0) is 17.9. The summed E-state index contributed by atoms with van der Waals surface area (Å²) in [7, 11) is 0. The van der Waals surface area contributed by atoms with E-state index in [4.69, 9.17) is 0 Å². The first-order valence-corrected chi connectivity index (χ1v) is 7.67. The largest absolute Gasteiger partial charge is 0.394 e. The van der Waals surface area contributed by atoms with E-state index in [-0.39, 0.29) is 28.8 Å². The number of non-ortho nitro benzene ring substituents is 1. The number of hydrogen-bond acceptors (Lipinski definition) is 5. The first-order chi connectivity index (χ1) is 11.2. The Bertz CT molecular complexity index is 768. The smallest absolute Gasteiger partial charge is 0.278 e.